The van der Waals surface area contributed by atoms with Crippen molar-refractivity contribution in [3.05, 3.63) is 70.8 Å². The lowest BCUT2D eigenvalue weighted by molar-refractivity contribution is -0.121. The number of anilines is 1. The highest BCUT2D eigenvalue weighted by atomic mass is 33.1. The first-order chi connectivity index (χ1) is 14.0. The molecule has 0 aliphatic carbocycles. The molecule has 0 N–H and O–H groups in total. The first-order valence-electron chi connectivity index (χ1n) is 9.09. The zero-order chi connectivity index (χ0) is 22.1. The number of amidine groups is 1. The number of hydrogen-bond acceptors (Lipinski definition) is 5. The summed E-state index contributed by atoms with van der Waals surface area (Å²) in [5.41, 5.74) is 1.30. The van der Waals surface area contributed by atoms with Crippen LogP contribution in [0, 0.1) is 19.3 Å². The molecule has 2 aromatic rings. The molecule has 1 atom stereocenters. The first kappa shape index (κ1) is 22.0. The number of rotatable bonds is 5. The van der Waals surface area contributed by atoms with Gasteiger partial charge >= 0.3 is 0 Å². The molecule has 6 nitrogen and oxygen atoms in total. The van der Waals surface area contributed by atoms with Crippen LogP contribution < -0.4 is 4.90 Å². The lowest BCUT2D eigenvalue weighted by atomic mass is 9.93. The first-order valence-corrected chi connectivity index (χ1v) is 12.3. The van der Waals surface area contributed by atoms with Crippen LogP contribution in [0.5, 0.6) is 0 Å². The molecule has 0 fully saturated rings. The van der Waals surface area contributed by atoms with E-state index in [1.54, 1.807) is 44.2 Å². The monoisotopic (exact) mass is 445 g/mol. The van der Waals surface area contributed by atoms with Gasteiger partial charge in [0.25, 0.3) is 5.91 Å². The summed E-state index contributed by atoms with van der Waals surface area (Å²) < 4.78 is 37.0. The zero-order valence-corrected chi connectivity index (χ0v) is 18.3. The second-order valence-electron chi connectivity index (χ2n) is 7.31. The van der Waals surface area contributed by atoms with E-state index in [0.29, 0.717) is 40.6 Å². The van der Waals surface area contributed by atoms with E-state index in [1.807, 2.05) is 0 Å². The van der Waals surface area contributed by atoms with Gasteiger partial charge < -0.3 is 0 Å². The van der Waals surface area contributed by atoms with Crippen molar-refractivity contribution in [2.75, 3.05) is 11.2 Å². The molecule has 0 saturated heterocycles. The maximum atomic E-state index is 13.3. The summed E-state index contributed by atoms with van der Waals surface area (Å²) in [7, 11) is -2.99. The van der Waals surface area contributed by atoms with E-state index in [-0.39, 0.29) is 16.9 Å². The van der Waals surface area contributed by atoms with Gasteiger partial charge in [0.2, 0.25) is 8.87 Å². The van der Waals surface area contributed by atoms with Crippen LogP contribution in [-0.2, 0) is 20.1 Å². The Hall–Kier alpha value is -2.70. The van der Waals surface area contributed by atoms with Gasteiger partial charge in [0.15, 0.2) is 10.9 Å². The Bertz CT molecular complexity index is 1170. The Morgan fingerprint density at radius 2 is 1.90 bits per heavy atom. The number of carbonyl (C=O) groups is 1. The van der Waals surface area contributed by atoms with Gasteiger partial charge in [0.05, 0.1) is 6.57 Å². The van der Waals surface area contributed by atoms with E-state index in [9.17, 15) is 17.6 Å². The van der Waals surface area contributed by atoms with Crippen molar-refractivity contribution in [1.29, 1.82) is 0 Å². The number of halogens is 1. The maximum Gasteiger partial charge on any atom is 0.260 e. The summed E-state index contributed by atoms with van der Waals surface area (Å²) in [5.74, 6) is -0.679. The molecule has 1 aliphatic heterocycles. The van der Waals surface area contributed by atoms with Gasteiger partial charge in [0.1, 0.15) is 11.4 Å². The molecule has 3 rings (SSSR count). The van der Waals surface area contributed by atoms with Gasteiger partial charge in [0, 0.05) is 22.7 Å². The minimum Gasteiger partial charge on any atom is -0.271 e. The summed E-state index contributed by atoms with van der Waals surface area (Å²) >= 11 is 0. The third-order valence-electron chi connectivity index (χ3n) is 4.80. The fourth-order valence-corrected chi connectivity index (χ4v) is 5.08. The van der Waals surface area contributed by atoms with Crippen molar-refractivity contribution < 1.29 is 17.6 Å². The minimum absolute atomic E-state index is 0.0825. The second-order valence-corrected chi connectivity index (χ2v) is 11.6. The topological polar surface area (TPSA) is 71.2 Å². The van der Waals surface area contributed by atoms with E-state index in [2.05, 4.69) is 9.84 Å². The van der Waals surface area contributed by atoms with Crippen molar-refractivity contribution in [2.24, 2.45) is 4.99 Å². The number of nitrogens with zero attached hydrogens (tertiary/aromatic N) is 3. The van der Waals surface area contributed by atoms with E-state index in [4.69, 9.17) is 6.57 Å². The van der Waals surface area contributed by atoms with Crippen LogP contribution in [0.4, 0.5) is 15.8 Å². The second kappa shape index (κ2) is 8.20. The van der Waals surface area contributed by atoms with Crippen LogP contribution in [0.25, 0.3) is 4.85 Å². The van der Waals surface area contributed by atoms with Gasteiger partial charge in [-0.3, -0.25) is 9.69 Å². The molecular weight excluding hydrogens is 425 g/mol. The molecule has 1 heterocycles. The Morgan fingerprint density at radius 3 is 2.47 bits per heavy atom. The molecule has 2 aromatic carbocycles. The molecular formula is C21H20FN3O3S2. The van der Waals surface area contributed by atoms with Crippen LogP contribution in [0.1, 0.15) is 24.5 Å². The molecule has 0 radical (unpaired) electrons. The lowest BCUT2D eigenvalue weighted by Gasteiger charge is -2.23. The molecule has 0 saturated carbocycles. The van der Waals surface area contributed by atoms with Crippen molar-refractivity contribution >= 4 is 42.1 Å². The minimum atomic E-state index is -3.52. The Balaban J connectivity index is 1.95. The molecule has 0 bridgehead atoms. The van der Waals surface area contributed by atoms with E-state index < -0.39 is 14.4 Å². The van der Waals surface area contributed by atoms with Crippen LogP contribution in [0.15, 0.2) is 47.5 Å². The predicted molar refractivity (Wildman–Crippen MR) is 118 cm³/mol. The Kier molecular flexibility index (Phi) is 6.01. The number of aryl methyl sites for hydroxylation is 2. The Labute approximate surface area is 179 Å². The van der Waals surface area contributed by atoms with Crippen molar-refractivity contribution in [3.8, 4) is 0 Å². The molecule has 1 amide bonds. The summed E-state index contributed by atoms with van der Waals surface area (Å²) in [4.78, 5) is 22.6. The van der Waals surface area contributed by atoms with E-state index >= 15 is 0 Å². The zero-order valence-electron chi connectivity index (χ0n) is 16.7. The molecule has 30 heavy (non-hydrogen) atoms. The predicted octanol–water partition coefficient (Wildman–Crippen LogP) is 4.47. The summed E-state index contributed by atoms with van der Waals surface area (Å²) in [6.07, 6.45) is 1.87. The quantitative estimate of drug-likeness (QED) is 0.503. The van der Waals surface area contributed by atoms with Gasteiger partial charge in [-0.05, 0) is 62.1 Å². The molecule has 0 aromatic heterocycles. The van der Waals surface area contributed by atoms with Crippen LogP contribution in [0.2, 0.25) is 0 Å². The largest absolute Gasteiger partial charge is 0.271 e. The summed E-state index contributed by atoms with van der Waals surface area (Å²) in [5, 5.41) is 0.0825. The third kappa shape index (κ3) is 4.71. The molecule has 1 unspecified atom stereocenters. The van der Waals surface area contributed by atoms with Gasteiger partial charge in [-0.25, -0.2) is 22.6 Å². The van der Waals surface area contributed by atoms with Crippen LogP contribution >= 0.6 is 10.8 Å². The normalized spacial score (nSPS) is 19.0. The number of carbonyl (C=O) groups excluding carboxylic acids is 1. The van der Waals surface area contributed by atoms with E-state index in [1.165, 1.54) is 17.0 Å². The number of amides is 1. The van der Waals surface area contributed by atoms with E-state index in [0.717, 1.165) is 11.8 Å². The SMILES string of the molecule is [C-]#[N+]c1ccc(N2C(=O)C(C)(CCc3ccc(F)cc3)N=C2SS(C)(=O)=O)cc1C. The van der Waals surface area contributed by atoms with Gasteiger partial charge in [-0.2, -0.15) is 0 Å². The average molecular weight is 446 g/mol. The van der Waals surface area contributed by atoms with Crippen molar-refractivity contribution in [1.82, 2.24) is 0 Å². The molecule has 9 heteroatoms. The third-order valence-corrected chi connectivity index (χ3v) is 6.88. The fourth-order valence-electron chi connectivity index (χ4n) is 3.16. The Morgan fingerprint density at radius 1 is 1.23 bits per heavy atom. The molecule has 1 aliphatic rings. The highest BCUT2D eigenvalue weighted by molar-refractivity contribution is 8.77. The van der Waals surface area contributed by atoms with Gasteiger partial charge in [-0.15, -0.1) is 0 Å². The highest BCUT2D eigenvalue weighted by Crippen LogP contribution is 2.37. The fraction of sp³-hybridized carbons (Fsp3) is 0.286. The maximum absolute atomic E-state index is 13.3. The lowest BCUT2D eigenvalue weighted by Crippen LogP contribution is -2.41. The highest BCUT2D eigenvalue weighted by Gasteiger charge is 2.46. The summed E-state index contributed by atoms with van der Waals surface area (Å²) in [6, 6.07) is 10.9. The number of hydrogen-bond donors (Lipinski definition) is 0. The van der Waals surface area contributed by atoms with Crippen LogP contribution in [0.3, 0.4) is 0 Å². The van der Waals surface area contributed by atoms with Crippen molar-refractivity contribution in [3.63, 3.8) is 0 Å². The summed E-state index contributed by atoms with van der Waals surface area (Å²) in [6.45, 7) is 10.6. The standard InChI is InChI=1S/C21H20FN3O3S2/c1-14-13-17(9-10-18(14)23-3)25-19(26)21(2,24-20(25)29-30(4,27)28)12-11-15-5-7-16(22)8-6-15/h5-10,13H,11-12H2,1-2,4H3. The number of benzene rings is 2. The smallest absolute Gasteiger partial charge is 0.260 e. The van der Waals surface area contributed by atoms with Gasteiger partial charge in [-0.1, -0.05) is 18.2 Å². The molecule has 156 valence electrons. The number of aliphatic imine (C=N–C) groups is 1. The average Bonchev–Trinajstić information content (AvgIpc) is 2.90. The van der Waals surface area contributed by atoms with Crippen LogP contribution in [-0.4, -0.2) is 31.3 Å². The van der Waals surface area contributed by atoms with Crippen molar-refractivity contribution in [2.45, 2.75) is 32.2 Å². The molecule has 0 spiro atoms.